The topological polar surface area (TPSA) is 55.1 Å². The molecule has 0 aliphatic rings. The first-order valence-corrected chi connectivity index (χ1v) is 6.79. The van der Waals surface area contributed by atoms with Crippen molar-refractivity contribution in [2.45, 2.75) is 26.8 Å². The van der Waals surface area contributed by atoms with E-state index in [-0.39, 0.29) is 12.5 Å². The molecule has 18 heavy (non-hydrogen) atoms. The minimum atomic E-state index is -0.296. The molecule has 1 N–H and O–H groups in total. The third-order valence-electron chi connectivity index (χ3n) is 2.77. The maximum Gasteiger partial charge on any atom is 0.326 e. The Morgan fingerprint density at radius 2 is 2.22 bits per heavy atom. The van der Waals surface area contributed by atoms with Gasteiger partial charge in [-0.05, 0) is 31.0 Å². The lowest BCUT2D eigenvalue weighted by molar-refractivity contribution is -0.143. The van der Waals surface area contributed by atoms with Crippen LogP contribution < -0.4 is 4.80 Å². The molecule has 0 spiro atoms. The van der Waals surface area contributed by atoms with Crippen molar-refractivity contribution >= 4 is 27.5 Å². The molecule has 4 nitrogen and oxygen atoms in total. The molecule has 0 unspecified atom stereocenters. The molecular weight excluding hydrogens is 248 g/mol. The van der Waals surface area contributed by atoms with E-state index < -0.39 is 0 Å². The molecule has 2 aromatic rings. The Kier molecular flexibility index (Phi) is 3.81. The molecular formula is C13H16N2O2S. The van der Waals surface area contributed by atoms with Crippen LogP contribution in [0.3, 0.4) is 0 Å². The van der Waals surface area contributed by atoms with Gasteiger partial charge in [-0.1, -0.05) is 24.3 Å². The minimum Gasteiger partial charge on any atom is -0.465 e. The fraction of sp³-hybridized carbons (Fsp3) is 0.385. The summed E-state index contributed by atoms with van der Waals surface area (Å²) in [7, 11) is 0. The summed E-state index contributed by atoms with van der Waals surface area (Å²) in [5, 5.41) is 7.93. The standard InChI is InChI=1S/C13H16N2O2S/c1-3-9-5-6-10-11(7-9)18-13(14)15(10)8-12(16)17-4-2/h5-7,14H,3-4,8H2,1-2H3. The number of esters is 1. The van der Waals surface area contributed by atoms with Crippen molar-refractivity contribution in [2.24, 2.45) is 0 Å². The van der Waals surface area contributed by atoms with Gasteiger partial charge in [-0.2, -0.15) is 0 Å². The molecule has 0 radical (unpaired) electrons. The van der Waals surface area contributed by atoms with Crippen LogP contribution in [0.4, 0.5) is 0 Å². The number of rotatable bonds is 4. The molecule has 0 aliphatic heterocycles. The Labute approximate surface area is 109 Å². The molecule has 1 aromatic heterocycles. The van der Waals surface area contributed by atoms with Gasteiger partial charge in [0, 0.05) is 0 Å². The summed E-state index contributed by atoms with van der Waals surface area (Å²) in [6.45, 7) is 4.36. The highest BCUT2D eigenvalue weighted by molar-refractivity contribution is 7.16. The van der Waals surface area contributed by atoms with Crippen LogP contribution in [0.2, 0.25) is 0 Å². The highest BCUT2D eigenvalue weighted by Crippen LogP contribution is 2.19. The summed E-state index contributed by atoms with van der Waals surface area (Å²) in [5.41, 5.74) is 2.17. The Bertz CT molecular complexity index is 627. The number of nitrogens with zero attached hydrogens (tertiary/aromatic N) is 1. The first-order valence-electron chi connectivity index (χ1n) is 5.98. The Morgan fingerprint density at radius 1 is 1.44 bits per heavy atom. The number of carbonyl (C=O) groups excluding carboxylic acids is 1. The molecule has 96 valence electrons. The number of carbonyl (C=O) groups is 1. The van der Waals surface area contributed by atoms with Crippen molar-refractivity contribution in [1.82, 2.24) is 4.57 Å². The van der Waals surface area contributed by atoms with Crippen LogP contribution >= 0.6 is 11.3 Å². The van der Waals surface area contributed by atoms with E-state index >= 15 is 0 Å². The van der Waals surface area contributed by atoms with Crippen LogP contribution in [0.1, 0.15) is 19.4 Å². The summed E-state index contributed by atoms with van der Waals surface area (Å²) in [6, 6.07) is 6.10. The number of hydrogen-bond donors (Lipinski definition) is 1. The second-order valence-corrected chi connectivity index (χ2v) is 4.98. The molecule has 0 saturated heterocycles. The van der Waals surface area contributed by atoms with E-state index in [1.807, 2.05) is 12.1 Å². The molecule has 0 aliphatic carbocycles. The molecule has 0 bridgehead atoms. The average molecular weight is 264 g/mol. The van der Waals surface area contributed by atoms with Crippen LogP contribution in [-0.4, -0.2) is 17.1 Å². The lowest BCUT2D eigenvalue weighted by Gasteiger charge is -2.04. The first kappa shape index (κ1) is 12.8. The van der Waals surface area contributed by atoms with Gasteiger partial charge in [0.2, 0.25) is 0 Å². The smallest absolute Gasteiger partial charge is 0.326 e. The summed E-state index contributed by atoms with van der Waals surface area (Å²) in [5.74, 6) is -0.296. The van der Waals surface area contributed by atoms with Gasteiger partial charge < -0.3 is 9.30 Å². The van der Waals surface area contributed by atoms with Crippen molar-refractivity contribution < 1.29 is 9.53 Å². The van der Waals surface area contributed by atoms with Crippen LogP contribution in [-0.2, 0) is 22.5 Å². The minimum absolute atomic E-state index is 0.109. The van der Waals surface area contributed by atoms with E-state index in [0.717, 1.165) is 16.6 Å². The van der Waals surface area contributed by atoms with Crippen molar-refractivity contribution in [3.05, 3.63) is 28.6 Å². The van der Waals surface area contributed by atoms with Gasteiger partial charge in [-0.15, -0.1) is 0 Å². The van der Waals surface area contributed by atoms with Gasteiger partial charge in [0.1, 0.15) is 6.54 Å². The highest BCUT2D eigenvalue weighted by Gasteiger charge is 2.10. The predicted molar refractivity (Wildman–Crippen MR) is 71.7 cm³/mol. The van der Waals surface area contributed by atoms with Gasteiger partial charge in [0.05, 0.1) is 16.8 Å². The lowest BCUT2D eigenvalue weighted by atomic mass is 10.2. The van der Waals surface area contributed by atoms with Crippen molar-refractivity contribution in [3.63, 3.8) is 0 Å². The van der Waals surface area contributed by atoms with Gasteiger partial charge in [0.15, 0.2) is 4.80 Å². The van der Waals surface area contributed by atoms with Gasteiger partial charge in [-0.3, -0.25) is 10.2 Å². The van der Waals surface area contributed by atoms with Crippen molar-refractivity contribution in [3.8, 4) is 0 Å². The quantitative estimate of drug-likeness (QED) is 0.861. The number of thiazole rings is 1. The third kappa shape index (κ3) is 2.46. The van der Waals surface area contributed by atoms with E-state index in [1.165, 1.54) is 16.9 Å². The average Bonchev–Trinajstić information content (AvgIpc) is 2.65. The van der Waals surface area contributed by atoms with Gasteiger partial charge in [-0.25, -0.2) is 0 Å². The fourth-order valence-corrected chi connectivity index (χ4v) is 2.82. The highest BCUT2D eigenvalue weighted by atomic mass is 32.1. The second-order valence-electron chi connectivity index (χ2n) is 3.95. The molecule has 0 fully saturated rings. The summed E-state index contributed by atoms with van der Waals surface area (Å²) >= 11 is 1.39. The molecule has 1 heterocycles. The number of aryl methyl sites for hydroxylation is 1. The predicted octanol–water partition coefficient (Wildman–Crippen LogP) is 2.31. The van der Waals surface area contributed by atoms with Crippen LogP contribution in [0, 0.1) is 5.41 Å². The number of fused-ring (bicyclic) bond motifs is 1. The second kappa shape index (κ2) is 5.35. The maximum absolute atomic E-state index is 11.5. The molecule has 2 rings (SSSR count). The van der Waals surface area contributed by atoms with E-state index in [1.54, 1.807) is 11.5 Å². The number of benzene rings is 1. The monoisotopic (exact) mass is 264 g/mol. The maximum atomic E-state index is 11.5. The van der Waals surface area contributed by atoms with Crippen LogP contribution in [0.15, 0.2) is 18.2 Å². The van der Waals surface area contributed by atoms with E-state index in [4.69, 9.17) is 10.1 Å². The van der Waals surface area contributed by atoms with Crippen molar-refractivity contribution in [1.29, 1.82) is 5.41 Å². The summed E-state index contributed by atoms with van der Waals surface area (Å²) < 4.78 is 7.66. The first-order chi connectivity index (χ1) is 8.65. The van der Waals surface area contributed by atoms with E-state index in [0.29, 0.717) is 11.4 Å². The summed E-state index contributed by atoms with van der Waals surface area (Å²) in [4.78, 5) is 11.9. The lowest BCUT2D eigenvalue weighted by Crippen LogP contribution is -2.20. The van der Waals surface area contributed by atoms with Gasteiger partial charge >= 0.3 is 5.97 Å². The third-order valence-corrected chi connectivity index (χ3v) is 3.73. The van der Waals surface area contributed by atoms with Gasteiger partial charge in [0.25, 0.3) is 0 Å². The zero-order valence-electron chi connectivity index (χ0n) is 10.5. The molecule has 5 heteroatoms. The van der Waals surface area contributed by atoms with Crippen LogP contribution in [0.5, 0.6) is 0 Å². The molecule has 0 saturated carbocycles. The summed E-state index contributed by atoms with van der Waals surface area (Å²) in [6.07, 6.45) is 0.971. The zero-order chi connectivity index (χ0) is 13.1. The normalized spacial score (nSPS) is 10.8. The Hall–Kier alpha value is -1.62. The van der Waals surface area contributed by atoms with E-state index in [2.05, 4.69) is 13.0 Å². The molecule has 0 atom stereocenters. The molecule has 1 aromatic carbocycles. The van der Waals surface area contributed by atoms with Crippen LogP contribution in [0.25, 0.3) is 10.2 Å². The number of hydrogen-bond acceptors (Lipinski definition) is 4. The molecule has 0 amide bonds. The van der Waals surface area contributed by atoms with E-state index in [9.17, 15) is 4.79 Å². The Balaban J connectivity index is 2.41. The Morgan fingerprint density at radius 3 is 2.89 bits per heavy atom. The number of ether oxygens (including phenoxy) is 1. The SMILES string of the molecule is CCOC(=O)Cn1c(=N)sc2cc(CC)ccc21. The number of aromatic nitrogens is 1. The largest absolute Gasteiger partial charge is 0.465 e. The number of nitrogens with one attached hydrogen (secondary N) is 1. The fourth-order valence-electron chi connectivity index (χ4n) is 1.84. The zero-order valence-corrected chi connectivity index (χ0v) is 11.3. The van der Waals surface area contributed by atoms with Crippen molar-refractivity contribution in [2.75, 3.05) is 6.61 Å².